The molecule has 0 spiro atoms. The zero-order valence-electron chi connectivity index (χ0n) is 16.3. The second-order valence-electron chi connectivity index (χ2n) is 7.65. The first-order valence-corrected chi connectivity index (χ1v) is 9.68. The number of carbonyl (C=O) groups excluding carboxylic acids is 3. The number of ketones is 1. The molecule has 7 heteroatoms. The number of aryl methyl sites for hydroxylation is 1. The number of H-pyrrole nitrogens is 1. The van der Waals surface area contributed by atoms with Gasteiger partial charge >= 0.3 is 0 Å². The number of carbonyl (C=O) groups is 3. The van der Waals surface area contributed by atoms with Crippen LogP contribution in [0.4, 0.5) is 10.1 Å². The fraction of sp³-hybridized carbons (Fsp3) is 0.318. The van der Waals surface area contributed by atoms with Crippen molar-refractivity contribution in [2.75, 3.05) is 5.32 Å². The maximum Gasteiger partial charge on any atom is 0.256 e. The fourth-order valence-corrected chi connectivity index (χ4v) is 4.05. The van der Waals surface area contributed by atoms with E-state index in [0.717, 1.165) is 5.56 Å². The minimum Gasteiger partial charge on any atom is -0.358 e. The molecule has 29 heavy (non-hydrogen) atoms. The molecule has 0 atom stereocenters. The highest BCUT2D eigenvalue weighted by atomic mass is 19.1. The summed E-state index contributed by atoms with van der Waals surface area (Å²) in [5.74, 6) is -0.681. The van der Waals surface area contributed by atoms with Crippen LogP contribution in [0, 0.1) is 19.7 Å². The number of aromatic nitrogens is 1. The third-order valence-electron chi connectivity index (χ3n) is 5.64. The minimum atomic E-state index is -0.420. The molecule has 2 aliphatic rings. The van der Waals surface area contributed by atoms with Crippen molar-refractivity contribution >= 4 is 34.9 Å². The van der Waals surface area contributed by atoms with Crippen molar-refractivity contribution in [1.29, 1.82) is 0 Å². The zero-order valence-corrected chi connectivity index (χ0v) is 16.3. The molecule has 1 aromatic carbocycles. The molecule has 0 saturated heterocycles. The van der Waals surface area contributed by atoms with Crippen LogP contribution in [-0.2, 0) is 9.59 Å². The van der Waals surface area contributed by atoms with E-state index >= 15 is 0 Å². The molecule has 2 amide bonds. The average Bonchev–Trinajstić information content (AvgIpc) is 3.13. The SMILES string of the molecule is Cc1[nH]c(C=C2C(=O)Nc3ccc(F)cc32)c(C)c1C(=O)NC1CCC(=O)CC1. The van der Waals surface area contributed by atoms with Crippen molar-refractivity contribution in [1.82, 2.24) is 10.3 Å². The number of fused-ring (bicyclic) bond motifs is 1. The molecule has 0 unspecified atom stereocenters. The molecule has 2 heterocycles. The Kier molecular flexibility index (Phi) is 4.82. The molecule has 6 nitrogen and oxygen atoms in total. The Hall–Kier alpha value is -3.22. The van der Waals surface area contributed by atoms with Gasteiger partial charge in [0, 0.05) is 41.5 Å². The van der Waals surface area contributed by atoms with Gasteiger partial charge in [0.2, 0.25) is 0 Å². The lowest BCUT2D eigenvalue weighted by molar-refractivity contribution is -0.120. The van der Waals surface area contributed by atoms with Crippen molar-refractivity contribution in [3.05, 3.63) is 52.1 Å². The fourth-order valence-electron chi connectivity index (χ4n) is 4.05. The van der Waals surface area contributed by atoms with Crippen molar-refractivity contribution < 1.29 is 18.8 Å². The highest BCUT2D eigenvalue weighted by Gasteiger charge is 2.27. The van der Waals surface area contributed by atoms with Crippen LogP contribution < -0.4 is 10.6 Å². The van der Waals surface area contributed by atoms with Gasteiger partial charge in [-0.1, -0.05) is 0 Å². The number of anilines is 1. The molecule has 1 aromatic heterocycles. The highest BCUT2D eigenvalue weighted by molar-refractivity contribution is 6.34. The van der Waals surface area contributed by atoms with Crippen LogP contribution in [0.25, 0.3) is 11.6 Å². The smallest absolute Gasteiger partial charge is 0.256 e. The van der Waals surface area contributed by atoms with Crippen LogP contribution in [0.3, 0.4) is 0 Å². The molecular formula is C22H22FN3O3. The van der Waals surface area contributed by atoms with Crippen LogP contribution in [0.2, 0.25) is 0 Å². The van der Waals surface area contributed by atoms with E-state index in [1.165, 1.54) is 18.2 Å². The third-order valence-corrected chi connectivity index (χ3v) is 5.64. The number of halogens is 1. The van der Waals surface area contributed by atoms with Gasteiger partial charge in [0.05, 0.1) is 11.1 Å². The Labute approximate surface area is 167 Å². The lowest BCUT2D eigenvalue weighted by Gasteiger charge is -2.22. The molecule has 0 bridgehead atoms. The van der Waals surface area contributed by atoms with E-state index in [1.54, 1.807) is 13.0 Å². The first-order chi connectivity index (χ1) is 13.8. The standard InChI is InChI=1S/C22H22FN3O3/c1-11-19(10-17-16-9-13(23)3-8-18(16)26-21(17)28)24-12(2)20(11)22(29)25-14-4-6-15(27)7-5-14/h3,8-10,14,24H,4-7H2,1-2H3,(H,25,29)(H,26,28). The van der Waals surface area contributed by atoms with E-state index in [2.05, 4.69) is 15.6 Å². The molecule has 1 fully saturated rings. The summed E-state index contributed by atoms with van der Waals surface area (Å²) in [6.45, 7) is 3.62. The number of aromatic amines is 1. The first-order valence-electron chi connectivity index (χ1n) is 9.68. The number of benzene rings is 1. The van der Waals surface area contributed by atoms with Crippen LogP contribution in [0.5, 0.6) is 0 Å². The number of hydrogen-bond acceptors (Lipinski definition) is 3. The van der Waals surface area contributed by atoms with Gasteiger partial charge in [-0.2, -0.15) is 0 Å². The minimum absolute atomic E-state index is 0.00818. The zero-order chi connectivity index (χ0) is 20.7. The molecular weight excluding hydrogens is 373 g/mol. The molecule has 1 aliphatic heterocycles. The Bertz CT molecular complexity index is 1060. The summed E-state index contributed by atoms with van der Waals surface area (Å²) in [4.78, 5) is 39.7. The normalized spacial score (nSPS) is 18.1. The summed E-state index contributed by atoms with van der Waals surface area (Å²) in [7, 11) is 0. The molecule has 150 valence electrons. The Morgan fingerprint density at radius 2 is 1.93 bits per heavy atom. The summed E-state index contributed by atoms with van der Waals surface area (Å²) < 4.78 is 13.7. The average molecular weight is 395 g/mol. The maximum atomic E-state index is 13.7. The van der Waals surface area contributed by atoms with Crippen LogP contribution in [0.15, 0.2) is 18.2 Å². The van der Waals surface area contributed by atoms with Gasteiger partial charge in [-0.05, 0) is 56.5 Å². The number of nitrogens with one attached hydrogen (secondary N) is 3. The number of Topliss-reactive ketones (excluding diaryl/α,β-unsaturated/α-hetero) is 1. The van der Waals surface area contributed by atoms with E-state index in [1.807, 2.05) is 6.92 Å². The summed E-state index contributed by atoms with van der Waals surface area (Å²) in [6.07, 6.45) is 3.97. The van der Waals surface area contributed by atoms with Gasteiger partial charge in [0.15, 0.2) is 0 Å². The van der Waals surface area contributed by atoms with Crippen LogP contribution in [-0.4, -0.2) is 28.6 Å². The monoisotopic (exact) mass is 395 g/mol. The highest BCUT2D eigenvalue weighted by Crippen LogP contribution is 2.34. The quantitative estimate of drug-likeness (QED) is 0.695. The molecule has 1 saturated carbocycles. The van der Waals surface area contributed by atoms with Crippen molar-refractivity contribution in [3.63, 3.8) is 0 Å². The topological polar surface area (TPSA) is 91.1 Å². The van der Waals surface area contributed by atoms with E-state index in [-0.39, 0.29) is 23.6 Å². The van der Waals surface area contributed by atoms with E-state index in [9.17, 15) is 18.8 Å². The third kappa shape index (κ3) is 3.60. The van der Waals surface area contributed by atoms with E-state index in [4.69, 9.17) is 0 Å². The summed E-state index contributed by atoms with van der Waals surface area (Å²) >= 11 is 0. The Balaban J connectivity index is 1.62. The number of rotatable bonds is 3. The molecule has 2 aromatic rings. The molecule has 1 aliphatic carbocycles. The van der Waals surface area contributed by atoms with Gasteiger partial charge in [0.25, 0.3) is 11.8 Å². The molecule has 0 radical (unpaired) electrons. The second kappa shape index (κ2) is 7.31. The number of amides is 2. The summed E-state index contributed by atoms with van der Waals surface area (Å²) in [5, 5.41) is 5.74. The molecule has 4 rings (SSSR count). The first kappa shape index (κ1) is 19.1. The van der Waals surface area contributed by atoms with Gasteiger partial charge in [-0.3, -0.25) is 14.4 Å². The predicted molar refractivity (Wildman–Crippen MR) is 108 cm³/mol. The van der Waals surface area contributed by atoms with Crippen LogP contribution >= 0.6 is 0 Å². The van der Waals surface area contributed by atoms with Gasteiger partial charge in [-0.25, -0.2) is 4.39 Å². The Morgan fingerprint density at radius 3 is 2.66 bits per heavy atom. The van der Waals surface area contributed by atoms with Crippen LogP contribution in [0.1, 0.15) is 58.6 Å². The van der Waals surface area contributed by atoms with Gasteiger partial charge in [0.1, 0.15) is 11.6 Å². The number of hydrogen-bond donors (Lipinski definition) is 3. The van der Waals surface area contributed by atoms with E-state index in [0.29, 0.717) is 59.5 Å². The second-order valence-corrected chi connectivity index (χ2v) is 7.65. The Morgan fingerprint density at radius 1 is 1.21 bits per heavy atom. The van der Waals surface area contributed by atoms with Gasteiger partial charge < -0.3 is 15.6 Å². The van der Waals surface area contributed by atoms with E-state index < -0.39 is 5.82 Å². The predicted octanol–water partition coefficient (Wildman–Crippen LogP) is 3.50. The summed E-state index contributed by atoms with van der Waals surface area (Å²) in [6, 6.07) is 4.14. The van der Waals surface area contributed by atoms with Gasteiger partial charge in [-0.15, -0.1) is 0 Å². The summed E-state index contributed by atoms with van der Waals surface area (Å²) in [5.41, 5.74) is 3.99. The lowest BCUT2D eigenvalue weighted by atomic mass is 9.94. The van der Waals surface area contributed by atoms with Crippen molar-refractivity contribution in [2.45, 2.75) is 45.6 Å². The molecule has 3 N–H and O–H groups in total. The van der Waals surface area contributed by atoms with Crippen molar-refractivity contribution in [2.24, 2.45) is 0 Å². The lowest BCUT2D eigenvalue weighted by Crippen LogP contribution is -2.38. The maximum absolute atomic E-state index is 13.7. The van der Waals surface area contributed by atoms with Crippen molar-refractivity contribution in [3.8, 4) is 0 Å². The largest absolute Gasteiger partial charge is 0.358 e.